The number of fused-ring (bicyclic) bond motifs is 6. The molecule has 4 aliphatic carbocycles. The van der Waals surface area contributed by atoms with E-state index in [1.807, 2.05) is 24.3 Å². The van der Waals surface area contributed by atoms with Gasteiger partial charge in [-0.1, -0.05) is 32.9 Å². The summed E-state index contributed by atoms with van der Waals surface area (Å²) in [5.41, 5.74) is 1.47. The molecule has 6 rings (SSSR count). The normalized spacial score (nSPS) is 38.6. The van der Waals surface area contributed by atoms with Crippen LogP contribution in [0.4, 0.5) is 0 Å². The van der Waals surface area contributed by atoms with Crippen molar-refractivity contribution < 1.29 is 33.0 Å². The number of hydrogen-bond acceptors (Lipinski definition) is 8. The van der Waals surface area contributed by atoms with Crippen molar-refractivity contribution in [1.82, 2.24) is 4.98 Å². The molecule has 1 aromatic carbocycles. The minimum Gasteiger partial charge on any atom is -0.463 e. The Morgan fingerprint density at radius 1 is 0.932 bits per heavy atom. The van der Waals surface area contributed by atoms with E-state index in [9.17, 15) is 14.4 Å². The highest BCUT2D eigenvalue weighted by Crippen LogP contribution is 2.69. The second kappa shape index (κ2) is 11.8. The summed E-state index contributed by atoms with van der Waals surface area (Å²) in [6.45, 7) is 11.6. The largest absolute Gasteiger partial charge is 0.463 e. The van der Waals surface area contributed by atoms with Crippen LogP contribution < -0.4 is 0 Å². The van der Waals surface area contributed by atoms with Gasteiger partial charge in [-0.15, -0.1) is 0 Å². The highest BCUT2D eigenvalue weighted by molar-refractivity contribution is 5.72. The summed E-state index contributed by atoms with van der Waals surface area (Å²) >= 11 is 0. The molecule has 0 saturated heterocycles. The molecule has 1 unspecified atom stereocenters. The lowest BCUT2D eigenvalue weighted by molar-refractivity contribution is -0.224. The SMILES string of the molecule is CC(=O)O[C@@H]1CC[C@@]2(C)C(C1)C[C@@H](OC(C)=O)[C@H]1[C@@H]3CC[C@H]([C@H](C)CCc4nc5ccccc5o4)[C@@]3(C)[C@@H](OC(C)=O)C[C@@H]12. The third-order valence-electron chi connectivity index (χ3n) is 12.6. The van der Waals surface area contributed by atoms with E-state index in [-0.39, 0.29) is 70.7 Å². The number of oxazole rings is 1. The van der Waals surface area contributed by atoms with Gasteiger partial charge in [0, 0.05) is 38.5 Å². The molecule has 0 aliphatic heterocycles. The lowest BCUT2D eigenvalue weighted by atomic mass is 9.43. The molecule has 1 aromatic heterocycles. The zero-order valence-electron chi connectivity index (χ0n) is 27.2. The van der Waals surface area contributed by atoms with Gasteiger partial charge in [-0.25, -0.2) is 4.98 Å². The number of hydrogen-bond donors (Lipinski definition) is 0. The Hall–Kier alpha value is -2.90. The molecule has 0 amide bonds. The smallest absolute Gasteiger partial charge is 0.302 e. The van der Waals surface area contributed by atoms with Crippen LogP contribution in [0.15, 0.2) is 28.7 Å². The van der Waals surface area contributed by atoms with E-state index in [1.54, 1.807) is 0 Å². The molecule has 4 saturated carbocycles. The molecule has 8 heteroatoms. The van der Waals surface area contributed by atoms with E-state index in [0.29, 0.717) is 11.8 Å². The highest BCUT2D eigenvalue weighted by Gasteiger charge is 2.67. The third kappa shape index (κ3) is 5.44. The molecule has 1 heterocycles. The molecule has 0 bridgehead atoms. The van der Waals surface area contributed by atoms with Crippen LogP contribution in [0.5, 0.6) is 0 Å². The fourth-order valence-corrected chi connectivity index (χ4v) is 10.7. The highest BCUT2D eigenvalue weighted by atomic mass is 16.6. The molecule has 11 atom stereocenters. The molecular formula is C36H49NO7. The minimum absolute atomic E-state index is 0.00560. The summed E-state index contributed by atoms with van der Waals surface area (Å²) in [5, 5.41) is 0. The fraction of sp³-hybridized carbons (Fsp3) is 0.722. The van der Waals surface area contributed by atoms with Crippen molar-refractivity contribution in [3.8, 4) is 0 Å². The van der Waals surface area contributed by atoms with Crippen molar-refractivity contribution in [1.29, 1.82) is 0 Å². The van der Waals surface area contributed by atoms with Crippen LogP contribution in [0.1, 0.15) is 98.8 Å². The molecule has 8 nitrogen and oxygen atoms in total. The van der Waals surface area contributed by atoms with Crippen LogP contribution in [-0.2, 0) is 35.0 Å². The van der Waals surface area contributed by atoms with Gasteiger partial charge in [-0.2, -0.15) is 0 Å². The topological polar surface area (TPSA) is 105 Å². The number of benzene rings is 1. The molecule has 44 heavy (non-hydrogen) atoms. The number of ether oxygens (including phenoxy) is 3. The van der Waals surface area contributed by atoms with Crippen LogP contribution in [0, 0.1) is 46.3 Å². The Morgan fingerprint density at radius 3 is 2.36 bits per heavy atom. The van der Waals surface area contributed by atoms with E-state index in [2.05, 4.69) is 20.8 Å². The molecule has 0 radical (unpaired) electrons. The predicted octanol–water partition coefficient (Wildman–Crippen LogP) is 7.07. The Bertz CT molecular complexity index is 1370. The summed E-state index contributed by atoms with van der Waals surface area (Å²) in [6.07, 6.45) is 7.42. The van der Waals surface area contributed by atoms with E-state index in [1.165, 1.54) is 20.8 Å². The first-order valence-electron chi connectivity index (χ1n) is 16.8. The molecular weight excluding hydrogens is 558 g/mol. The minimum atomic E-state index is -0.241. The van der Waals surface area contributed by atoms with Crippen LogP contribution >= 0.6 is 0 Å². The van der Waals surface area contributed by atoms with Crippen LogP contribution in [0.2, 0.25) is 0 Å². The van der Waals surface area contributed by atoms with Crippen molar-refractivity contribution >= 4 is 29.0 Å². The lowest BCUT2D eigenvalue weighted by Gasteiger charge is -2.64. The van der Waals surface area contributed by atoms with Crippen molar-refractivity contribution in [3.63, 3.8) is 0 Å². The van der Waals surface area contributed by atoms with Crippen molar-refractivity contribution in [3.05, 3.63) is 30.2 Å². The molecule has 0 spiro atoms. The number of para-hydroxylation sites is 2. The van der Waals surface area contributed by atoms with Crippen molar-refractivity contribution in [2.45, 2.75) is 118 Å². The number of carbonyl (C=O) groups excluding carboxylic acids is 3. The molecule has 240 valence electrons. The second-order valence-corrected chi connectivity index (χ2v) is 14.9. The number of esters is 3. The Kier molecular flexibility index (Phi) is 8.33. The van der Waals surface area contributed by atoms with Gasteiger partial charge in [0.1, 0.15) is 23.8 Å². The van der Waals surface area contributed by atoms with Gasteiger partial charge < -0.3 is 18.6 Å². The first kappa shape index (κ1) is 31.1. The van der Waals surface area contributed by atoms with Crippen LogP contribution in [-0.4, -0.2) is 41.2 Å². The van der Waals surface area contributed by atoms with E-state index >= 15 is 0 Å². The monoisotopic (exact) mass is 607 g/mol. The van der Waals surface area contributed by atoms with E-state index in [4.69, 9.17) is 23.6 Å². The molecule has 4 aliphatic rings. The zero-order chi connectivity index (χ0) is 31.4. The standard InChI is InChI=1S/C36H49NO7/c1-20(11-14-33-37-29-9-7-8-10-30(29)44-33)26-12-13-27-34-28(19-32(36(26,27)6)43-23(4)40)35(5)16-15-25(41-21(2)38)17-24(35)18-31(34)42-22(3)39/h7-10,20,24-28,31-32,34H,11-19H2,1-6H3/t20-,24?,25-,26-,27+,28+,31-,32+,34+,35+,36-/m1/s1. The Labute approximate surface area is 261 Å². The quantitative estimate of drug-likeness (QED) is 0.243. The average molecular weight is 608 g/mol. The fourth-order valence-electron chi connectivity index (χ4n) is 10.7. The maximum absolute atomic E-state index is 12.6. The summed E-state index contributed by atoms with van der Waals surface area (Å²) in [4.78, 5) is 41.6. The molecule has 0 N–H and O–H groups in total. The third-order valence-corrected chi connectivity index (χ3v) is 12.6. The summed E-state index contributed by atoms with van der Waals surface area (Å²) in [7, 11) is 0. The van der Waals surface area contributed by atoms with Gasteiger partial charge in [-0.05, 0) is 98.5 Å². The number of aryl methyl sites for hydroxylation is 1. The molecule has 2 aromatic rings. The summed E-state index contributed by atoms with van der Waals surface area (Å²) < 4.78 is 24.2. The average Bonchev–Trinajstić information content (AvgIpc) is 3.53. The van der Waals surface area contributed by atoms with Gasteiger partial charge in [0.15, 0.2) is 11.5 Å². The number of aromatic nitrogens is 1. The number of nitrogens with zero attached hydrogens (tertiary/aromatic N) is 1. The van der Waals surface area contributed by atoms with E-state index in [0.717, 1.165) is 74.8 Å². The first-order valence-corrected chi connectivity index (χ1v) is 16.8. The Balaban J connectivity index is 1.29. The van der Waals surface area contributed by atoms with Gasteiger partial charge in [0.2, 0.25) is 0 Å². The predicted molar refractivity (Wildman–Crippen MR) is 164 cm³/mol. The van der Waals surface area contributed by atoms with Crippen molar-refractivity contribution in [2.24, 2.45) is 46.3 Å². The summed E-state index contributed by atoms with van der Waals surface area (Å²) in [6, 6.07) is 7.88. The summed E-state index contributed by atoms with van der Waals surface area (Å²) in [5.74, 6) is 1.77. The first-order chi connectivity index (χ1) is 20.9. The van der Waals surface area contributed by atoms with Crippen molar-refractivity contribution in [2.75, 3.05) is 0 Å². The maximum atomic E-state index is 12.6. The second-order valence-electron chi connectivity index (χ2n) is 14.9. The van der Waals surface area contributed by atoms with Gasteiger partial charge in [0.25, 0.3) is 0 Å². The number of carbonyl (C=O) groups is 3. The maximum Gasteiger partial charge on any atom is 0.302 e. The number of rotatable bonds is 7. The lowest BCUT2D eigenvalue weighted by Crippen LogP contribution is -2.63. The van der Waals surface area contributed by atoms with E-state index < -0.39 is 0 Å². The Morgan fingerprint density at radius 2 is 1.66 bits per heavy atom. The van der Waals surface area contributed by atoms with Crippen LogP contribution in [0.3, 0.4) is 0 Å². The van der Waals surface area contributed by atoms with Crippen LogP contribution in [0.25, 0.3) is 11.1 Å². The zero-order valence-corrected chi connectivity index (χ0v) is 27.2. The van der Waals surface area contributed by atoms with Gasteiger partial charge in [-0.3, -0.25) is 14.4 Å². The van der Waals surface area contributed by atoms with Gasteiger partial charge in [0.05, 0.1) is 0 Å². The molecule has 4 fully saturated rings. The van der Waals surface area contributed by atoms with Gasteiger partial charge >= 0.3 is 17.9 Å².